The quantitative estimate of drug-likeness (QED) is 0.424. The fraction of sp³-hybridized carbons (Fsp3) is 0.208. The molecule has 4 aromatic rings. The van der Waals surface area contributed by atoms with E-state index in [0.29, 0.717) is 23.2 Å². The molecule has 9 heteroatoms. The Morgan fingerprint density at radius 3 is 2.48 bits per heavy atom. The third kappa shape index (κ3) is 4.34. The van der Waals surface area contributed by atoms with Crippen molar-refractivity contribution in [3.8, 4) is 17.2 Å². The van der Waals surface area contributed by atoms with Gasteiger partial charge in [-0.3, -0.25) is 4.57 Å². The lowest BCUT2D eigenvalue weighted by molar-refractivity contribution is 0.481. The van der Waals surface area contributed by atoms with Crippen LogP contribution in [0.1, 0.15) is 18.4 Å². The first-order chi connectivity index (χ1) is 16.0. The van der Waals surface area contributed by atoms with E-state index in [4.69, 9.17) is 4.74 Å². The minimum absolute atomic E-state index is 0.188. The molecule has 0 bridgehead atoms. The highest BCUT2D eigenvalue weighted by Crippen LogP contribution is 2.31. The molecule has 0 N–H and O–H groups in total. The van der Waals surface area contributed by atoms with Gasteiger partial charge >= 0.3 is 5.69 Å². The maximum atomic E-state index is 13.9. The monoisotopic (exact) mass is 449 g/mol. The Labute approximate surface area is 188 Å². The first kappa shape index (κ1) is 20.9. The van der Waals surface area contributed by atoms with Crippen molar-refractivity contribution in [3.05, 3.63) is 94.8 Å². The topological polar surface area (TPSA) is 65.2 Å². The van der Waals surface area contributed by atoms with Gasteiger partial charge in [0.05, 0.1) is 12.2 Å². The van der Waals surface area contributed by atoms with E-state index in [1.54, 1.807) is 36.5 Å². The SMILES string of the molecule is CN(c1cc(Oc2ccc(-n3ncn(Cc4c(F)cccc4F)c3=O)cc2)ccn1)C1CC1. The Morgan fingerprint density at radius 1 is 1.06 bits per heavy atom. The van der Waals surface area contributed by atoms with Gasteiger partial charge in [0.15, 0.2) is 0 Å². The summed E-state index contributed by atoms with van der Waals surface area (Å²) in [5, 5.41) is 4.08. The second-order valence-corrected chi connectivity index (χ2v) is 7.94. The van der Waals surface area contributed by atoms with E-state index in [2.05, 4.69) is 15.0 Å². The van der Waals surface area contributed by atoms with Gasteiger partial charge in [-0.05, 0) is 55.3 Å². The largest absolute Gasteiger partial charge is 0.457 e. The van der Waals surface area contributed by atoms with Crippen molar-refractivity contribution in [3.63, 3.8) is 0 Å². The van der Waals surface area contributed by atoms with Gasteiger partial charge in [-0.15, -0.1) is 0 Å². The van der Waals surface area contributed by atoms with E-state index in [0.717, 1.165) is 27.2 Å². The van der Waals surface area contributed by atoms with Gasteiger partial charge in [-0.25, -0.2) is 18.6 Å². The molecule has 2 aromatic heterocycles. The molecule has 168 valence electrons. The molecule has 0 saturated heterocycles. The molecule has 1 aliphatic rings. The predicted octanol–water partition coefficient (Wildman–Crippen LogP) is 4.15. The number of hydrogen-bond acceptors (Lipinski definition) is 5. The molecule has 5 rings (SSSR count). The van der Waals surface area contributed by atoms with Crippen LogP contribution in [0.5, 0.6) is 11.5 Å². The molecule has 1 saturated carbocycles. The van der Waals surface area contributed by atoms with Gasteiger partial charge in [0.25, 0.3) is 0 Å². The molecule has 0 spiro atoms. The zero-order valence-corrected chi connectivity index (χ0v) is 17.9. The maximum Gasteiger partial charge on any atom is 0.350 e. The molecule has 0 amide bonds. The molecule has 7 nitrogen and oxygen atoms in total. The van der Waals surface area contributed by atoms with Crippen LogP contribution in [-0.4, -0.2) is 32.4 Å². The number of aromatic nitrogens is 4. The second-order valence-electron chi connectivity index (χ2n) is 7.94. The standard InChI is InChI=1S/C24H21F2N5O2/c1-29(16-5-6-16)23-13-19(11-12-27-23)33-18-9-7-17(8-10-18)31-24(32)30(15-28-31)14-20-21(25)3-2-4-22(20)26/h2-4,7-13,15-16H,5-6,14H2,1H3. The Balaban J connectivity index is 1.32. The van der Waals surface area contributed by atoms with E-state index in [9.17, 15) is 13.6 Å². The van der Waals surface area contributed by atoms with Crippen molar-refractivity contribution >= 4 is 5.82 Å². The van der Waals surface area contributed by atoms with Gasteiger partial charge < -0.3 is 9.64 Å². The lowest BCUT2D eigenvalue weighted by Crippen LogP contribution is -2.24. The van der Waals surface area contributed by atoms with Crippen molar-refractivity contribution in [2.24, 2.45) is 0 Å². The summed E-state index contributed by atoms with van der Waals surface area (Å²) in [6.45, 7) is -0.252. The van der Waals surface area contributed by atoms with Gasteiger partial charge in [0, 0.05) is 30.9 Å². The summed E-state index contributed by atoms with van der Waals surface area (Å²) in [4.78, 5) is 19.3. The maximum absolute atomic E-state index is 13.9. The van der Waals surface area contributed by atoms with Crippen LogP contribution >= 0.6 is 0 Å². The minimum Gasteiger partial charge on any atom is -0.457 e. The third-order valence-corrected chi connectivity index (χ3v) is 5.61. The highest BCUT2D eigenvalue weighted by Gasteiger charge is 2.27. The van der Waals surface area contributed by atoms with Crippen LogP contribution in [0, 0.1) is 11.6 Å². The summed E-state index contributed by atoms with van der Waals surface area (Å²) in [5.74, 6) is 0.687. The lowest BCUT2D eigenvalue weighted by atomic mass is 10.2. The second kappa shape index (κ2) is 8.50. The number of pyridine rings is 1. The van der Waals surface area contributed by atoms with Crippen LogP contribution in [-0.2, 0) is 6.54 Å². The van der Waals surface area contributed by atoms with Crippen LogP contribution in [0.25, 0.3) is 5.69 Å². The Kier molecular flexibility index (Phi) is 5.37. The molecule has 1 fully saturated rings. The van der Waals surface area contributed by atoms with Crippen LogP contribution in [0.2, 0.25) is 0 Å². The van der Waals surface area contributed by atoms with Crippen LogP contribution in [0.3, 0.4) is 0 Å². The fourth-order valence-electron chi connectivity index (χ4n) is 3.57. The third-order valence-electron chi connectivity index (χ3n) is 5.61. The summed E-state index contributed by atoms with van der Waals surface area (Å²) in [5.41, 5.74) is -0.191. The summed E-state index contributed by atoms with van der Waals surface area (Å²) < 4.78 is 36.1. The summed E-state index contributed by atoms with van der Waals surface area (Å²) in [6, 6.07) is 14.6. The minimum atomic E-state index is -0.709. The number of hydrogen-bond donors (Lipinski definition) is 0. The van der Waals surface area contributed by atoms with Crippen LogP contribution in [0.4, 0.5) is 14.6 Å². The first-order valence-electron chi connectivity index (χ1n) is 10.5. The molecule has 0 atom stereocenters. The average molecular weight is 449 g/mol. The fourth-order valence-corrected chi connectivity index (χ4v) is 3.57. The lowest BCUT2D eigenvalue weighted by Gasteiger charge is -2.17. The number of nitrogens with zero attached hydrogens (tertiary/aromatic N) is 5. The van der Waals surface area contributed by atoms with Crippen molar-refractivity contribution in [2.75, 3.05) is 11.9 Å². The first-order valence-corrected chi connectivity index (χ1v) is 10.5. The highest BCUT2D eigenvalue weighted by atomic mass is 19.1. The Bertz CT molecular complexity index is 1330. The smallest absolute Gasteiger partial charge is 0.350 e. The van der Waals surface area contributed by atoms with Crippen molar-refractivity contribution in [2.45, 2.75) is 25.4 Å². The van der Waals surface area contributed by atoms with Crippen molar-refractivity contribution in [1.82, 2.24) is 19.3 Å². The van der Waals surface area contributed by atoms with E-state index < -0.39 is 17.3 Å². The molecule has 0 radical (unpaired) electrons. The normalized spacial score (nSPS) is 13.2. The molecular weight excluding hydrogens is 428 g/mol. The average Bonchev–Trinajstić information content (AvgIpc) is 3.60. The molecule has 2 heterocycles. The van der Waals surface area contributed by atoms with E-state index in [1.165, 1.54) is 25.2 Å². The molecule has 2 aromatic carbocycles. The number of benzene rings is 2. The molecule has 0 unspecified atom stereocenters. The summed E-state index contributed by atoms with van der Waals surface area (Å²) >= 11 is 0. The zero-order chi connectivity index (χ0) is 22.9. The molecule has 1 aliphatic carbocycles. The van der Waals surface area contributed by atoms with Crippen molar-refractivity contribution in [1.29, 1.82) is 0 Å². The molecule has 33 heavy (non-hydrogen) atoms. The Morgan fingerprint density at radius 2 is 1.79 bits per heavy atom. The van der Waals surface area contributed by atoms with Crippen LogP contribution in [0.15, 0.2) is 71.9 Å². The van der Waals surface area contributed by atoms with Gasteiger partial charge in [0.1, 0.15) is 35.3 Å². The highest BCUT2D eigenvalue weighted by molar-refractivity contribution is 5.46. The summed E-state index contributed by atoms with van der Waals surface area (Å²) in [6.07, 6.45) is 5.32. The van der Waals surface area contributed by atoms with E-state index >= 15 is 0 Å². The number of ether oxygens (including phenoxy) is 1. The zero-order valence-electron chi connectivity index (χ0n) is 17.9. The van der Waals surface area contributed by atoms with Crippen LogP contribution < -0.4 is 15.3 Å². The van der Waals surface area contributed by atoms with Gasteiger partial charge in [-0.1, -0.05) is 6.07 Å². The number of rotatable bonds is 7. The number of halogens is 2. The summed E-state index contributed by atoms with van der Waals surface area (Å²) in [7, 11) is 2.02. The number of anilines is 1. The molecular formula is C24H21F2N5O2. The van der Waals surface area contributed by atoms with Gasteiger partial charge in [0.2, 0.25) is 0 Å². The van der Waals surface area contributed by atoms with Gasteiger partial charge in [-0.2, -0.15) is 9.78 Å². The molecule has 0 aliphatic heterocycles. The van der Waals surface area contributed by atoms with Crippen molar-refractivity contribution < 1.29 is 13.5 Å². The van der Waals surface area contributed by atoms with E-state index in [-0.39, 0.29) is 12.1 Å². The predicted molar refractivity (Wildman–Crippen MR) is 119 cm³/mol. The Hall–Kier alpha value is -4.01. The van der Waals surface area contributed by atoms with E-state index in [1.807, 2.05) is 13.1 Å².